The Morgan fingerprint density at radius 3 is 2.57 bits per heavy atom. The van der Waals surface area contributed by atoms with Gasteiger partial charge in [0.15, 0.2) is 18.1 Å². The molecular formula is C8H8F3N2O+. The van der Waals surface area contributed by atoms with Crippen LogP contribution in [0.4, 0.5) is 13.2 Å². The predicted molar refractivity (Wildman–Crippen MR) is 42.0 cm³/mol. The lowest BCUT2D eigenvalue weighted by atomic mass is 10.2. The molecule has 0 saturated carbocycles. The molecule has 0 fully saturated rings. The third kappa shape index (κ3) is 2.21. The number of alkyl halides is 3. The van der Waals surface area contributed by atoms with Gasteiger partial charge in [-0.1, -0.05) is 5.16 Å². The highest BCUT2D eigenvalue weighted by molar-refractivity contribution is 6.03. The van der Waals surface area contributed by atoms with Crippen LogP contribution < -0.4 is 4.57 Å². The summed E-state index contributed by atoms with van der Waals surface area (Å²) in [7, 11) is 1.58. The molecule has 0 bridgehead atoms. The maximum absolute atomic E-state index is 12.2. The Balaban J connectivity index is 3.16. The van der Waals surface area contributed by atoms with Crippen molar-refractivity contribution in [2.24, 2.45) is 12.2 Å². The number of hydrogen-bond donors (Lipinski definition) is 1. The number of oxime groups is 1. The van der Waals surface area contributed by atoms with E-state index in [1.165, 1.54) is 22.9 Å². The summed E-state index contributed by atoms with van der Waals surface area (Å²) in [6.07, 6.45) is -1.85. The average Bonchev–Trinajstić information content (AvgIpc) is 2.02. The highest BCUT2D eigenvalue weighted by Crippen LogP contribution is 2.21. The molecule has 1 aromatic rings. The molecule has 14 heavy (non-hydrogen) atoms. The maximum Gasteiger partial charge on any atom is 0.437 e. The van der Waals surface area contributed by atoms with E-state index < -0.39 is 11.9 Å². The minimum absolute atomic E-state index is 0.176. The summed E-state index contributed by atoms with van der Waals surface area (Å²) in [5.74, 6) is 0. The van der Waals surface area contributed by atoms with Gasteiger partial charge >= 0.3 is 6.18 Å². The third-order valence-electron chi connectivity index (χ3n) is 1.58. The van der Waals surface area contributed by atoms with Gasteiger partial charge in [0, 0.05) is 6.07 Å². The summed E-state index contributed by atoms with van der Waals surface area (Å²) in [6.45, 7) is 0. The Morgan fingerprint density at radius 2 is 2.14 bits per heavy atom. The van der Waals surface area contributed by atoms with Crippen molar-refractivity contribution < 1.29 is 22.9 Å². The van der Waals surface area contributed by atoms with Gasteiger partial charge in [-0.05, 0) is 6.07 Å². The Kier molecular flexibility index (Phi) is 2.73. The number of pyridine rings is 1. The molecule has 0 amide bonds. The number of rotatable bonds is 1. The second kappa shape index (κ2) is 3.65. The molecule has 0 saturated heterocycles. The van der Waals surface area contributed by atoms with Gasteiger partial charge in [-0.15, -0.1) is 0 Å². The van der Waals surface area contributed by atoms with Crippen LogP contribution in [0, 0.1) is 0 Å². The topological polar surface area (TPSA) is 36.5 Å². The van der Waals surface area contributed by atoms with Gasteiger partial charge in [-0.2, -0.15) is 13.2 Å². The highest BCUT2D eigenvalue weighted by atomic mass is 19.4. The first-order valence-electron chi connectivity index (χ1n) is 3.70. The minimum Gasteiger partial charge on any atom is -0.410 e. The van der Waals surface area contributed by atoms with Gasteiger partial charge in [-0.3, -0.25) is 0 Å². The highest BCUT2D eigenvalue weighted by Gasteiger charge is 2.38. The summed E-state index contributed by atoms with van der Waals surface area (Å²) in [5.41, 5.74) is -1.47. The van der Waals surface area contributed by atoms with Gasteiger partial charge in [-0.25, -0.2) is 4.57 Å². The van der Waals surface area contributed by atoms with E-state index in [1.807, 2.05) is 0 Å². The van der Waals surface area contributed by atoms with Crippen molar-refractivity contribution in [3.8, 4) is 0 Å². The lowest BCUT2D eigenvalue weighted by molar-refractivity contribution is -0.671. The van der Waals surface area contributed by atoms with Crippen molar-refractivity contribution in [2.75, 3.05) is 0 Å². The van der Waals surface area contributed by atoms with Crippen LogP contribution in [-0.2, 0) is 7.05 Å². The van der Waals surface area contributed by atoms with Gasteiger partial charge < -0.3 is 5.21 Å². The molecule has 0 unspecified atom stereocenters. The Bertz CT molecular complexity index is 360. The van der Waals surface area contributed by atoms with E-state index in [9.17, 15) is 13.2 Å². The molecule has 0 aliphatic rings. The van der Waals surface area contributed by atoms with Crippen LogP contribution in [0.3, 0.4) is 0 Å². The summed E-state index contributed by atoms with van der Waals surface area (Å²) >= 11 is 0. The normalized spacial score (nSPS) is 13.0. The lowest BCUT2D eigenvalue weighted by Gasteiger charge is -2.06. The second-order valence-corrected chi connectivity index (χ2v) is 2.70. The Morgan fingerprint density at radius 1 is 1.50 bits per heavy atom. The molecule has 0 spiro atoms. The summed E-state index contributed by atoms with van der Waals surface area (Å²) in [5, 5.41) is 10.5. The first kappa shape index (κ1) is 10.5. The predicted octanol–water partition coefficient (Wildman–Crippen LogP) is 1.25. The number of aryl methyl sites for hydroxylation is 1. The van der Waals surface area contributed by atoms with E-state index in [4.69, 9.17) is 5.21 Å². The molecule has 1 rings (SSSR count). The number of halogens is 3. The van der Waals surface area contributed by atoms with E-state index in [1.54, 1.807) is 13.2 Å². The van der Waals surface area contributed by atoms with E-state index >= 15 is 0 Å². The second-order valence-electron chi connectivity index (χ2n) is 2.70. The number of nitrogens with zero attached hydrogens (tertiary/aromatic N) is 2. The van der Waals surface area contributed by atoms with Crippen molar-refractivity contribution in [3.63, 3.8) is 0 Å². The van der Waals surface area contributed by atoms with Gasteiger partial charge in [0.1, 0.15) is 7.05 Å². The zero-order valence-corrected chi connectivity index (χ0v) is 7.28. The zero-order chi connectivity index (χ0) is 10.8. The lowest BCUT2D eigenvalue weighted by Crippen LogP contribution is -2.31. The van der Waals surface area contributed by atoms with Gasteiger partial charge in [0.25, 0.3) is 0 Å². The quantitative estimate of drug-likeness (QED) is 0.318. The Hall–Kier alpha value is -1.59. The number of aromatic nitrogens is 1. The van der Waals surface area contributed by atoms with Crippen LogP contribution in [-0.4, -0.2) is 17.1 Å². The van der Waals surface area contributed by atoms with E-state index in [0.29, 0.717) is 0 Å². The maximum atomic E-state index is 12.2. The molecule has 1 heterocycles. The van der Waals surface area contributed by atoms with Crippen LogP contribution in [0.5, 0.6) is 0 Å². The minimum atomic E-state index is -4.65. The van der Waals surface area contributed by atoms with Crippen LogP contribution in [0.15, 0.2) is 29.7 Å². The monoisotopic (exact) mass is 205 g/mol. The molecule has 1 aromatic heterocycles. The summed E-state index contributed by atoms with van der Waals surface area (Å²) in [6, 6.07) is 2.66. The largest absolute Gasteiger partial charge is 0.437 e. The van der Waals surface area contributed by atoms with Crippen LogP contribution in [0.1, 0.15) is 5.56 Å². The fraction of sp³-hybridized carbons (Fsp3) is 0.250. The smallest absolute Gasteiger partial charge is 0.410 e. The van der Waals surface area contributed by atoms with Crippen molar-refractivity contribution in [2.45, 2.75) is 6.18 Å². The molecule has 0 radical (unpaired) electrons. The first-order chi connectivity index (χ1) is 6.45. The van der Waals surface area contributed by atoms with Gasteiger partial charge in [0.2, 0.25) is 0 Å². The van der Waals surface area contributed by atoms with E-state index in [0.717, 1.165) is 0 Å². The van der Waals surface area contributed by atoms with Crippen LogP contribution in [0.2, 0.25) is 0 Å². The van der Waals surface area contributed by atoms with Crippen LogP contribution in [0.25, 0.3) is 0 Å². The molecule has 0 aliphatic carbocycles. The van der Waals surface area contributed by atoms with Crippen molar-refractivity contribution in [3.05, 3.63) is 30.1 Å². The molecular weight excluding hydrogens is 197 g/mol. The summed E-state index contributed by atoms with van der Waals surface area (Å²) in [4.78, 5) is 0. The molecule has 0 aliphatic heterocycles. The molecule has 76 valence electrons. The standard InChI is InChI=1S/C8H7F3N2O/c1-13-4-2-3-6(5-13)7(12-14)8(9,10)11/h2-5H,1H3/p+1/b12-7+. The third-order valence-corrected chi connectivity index (χ3v) is 1.58. The van der Waals surface area contributed by atoms with Gasteiger partial charge in [0.05, 0.1) is 5.56 Å². The molecule has 0 atom stereocenters. The molecule has 6 heteroatoms. The summed E-state index contributed by atoms with van der Waals surface area (Å²) < 4.78 is 38.2. The number of hydrogen-bond acceptors (Lipinski definition) is 2. The first-order valence-corrected chi connectivity index (χ1v) is 3.70. The molecule has 0 aromatic carbocycles. The van der Waals surface area contributed by atoms with Crippen molar-refractivity contribution in [1.29, 1.82) is 0 Å². The average molecular weight is 205 g/mol. The molecule has 3 nitrogen and oxygen atoms in total. The fourth-order valence-electron chi connectivity index (χ4n) is 1.01. The Labute approximate surface area is 78.1 Å². The van der Waals surface area contributed by atoms with Crippen molar-refractivity contribution in [1.82, 2.24) is 0 Å². The SMILES string of the molecule is C[n+]1cccc(/C(=N\O)C(F)(F)F)c1. The van der Waals surface area contributed by atoms with E-state index in [2.05, 4.69) is 5.16 Å². The van der Waals surface area contributed by atoms with Crippen molar-refractivity contribution >= 4 is 5.71 Å². The fourth-order valence-corrected chi connectivity index (χ4v) is 1.01. The van der Waals surface area contributed by atoms with E-state index in [-0.39, 0.29) is 5.56 Å². The van der Waals surface area contributed by atoms with Crippen LogP contribution >= 0.6 is 0 Å². The molecule has 1 N–H and O–H groups in total. The zero-order valence-electron chi connectivity index (χ0n) is 7.28.